The lowest BCUT2D eigenvalue weighted by molar-refractivity contribution is -0.146. The van der Waals surface area contributed by atoms with Crippen molar-refractivity contribution in [3.8, 4) is 0 Å². The fourth-order valence-corrected chi connectivity index (χ4v) is 1.10. The number of hydrogen-bond donors (Lipinski definition) is 0. The van der Waals surface area contributed by atoms with Crippen LogP contribution in [0, 0.1) is 0 Å². The number of furan rings is 1. The SMILES string of the molecule is COC(=O)CCCC(=O)OCc1ccco1. The Morgan fingerprint density at radius 1 is 1.31 bits per heavy atom. The summed E-state index contributed by atoms with van der Waals surface area (Å²) < 4.78 is 14.4. The second-order valence-corrected chi connectivity index (χ2v) is 3.17. The van der Waals surface area contributed by atoms with E-state index in [-0.39, 0.29) is 31.4 Å². The molecule has 1 aromatic heterocycles. The van der Waals surface area contributed by atoms with Gasteiger partial charge in [0.2, 0.25) is 0 Å². The van der Waals surface area contributed by atoms with E-state index < -0.39 is 0 Å². The molecule has 0 radical (unpaired) electrons. The molecule has 0 amide bonds. The Labute approximate surface area is 93.3 Å². The number of esters is 2. The number of rotatable bonds is 6. The molecule has 0 saturated carbocycles. The normalized spacial score (nSPS) is 9.81. The molecule has 5 heteroatoms. The second kappa shape index (κ2) is 6.66. The summed E-state index contributed by atoms with van der Waals surface area (Å²) in [6.45, 7) is 0.129. The van der Waals surface area contributed by atoms with Crippen molar-refractivity contribution in [1.82, 2.24) is 0 Å². The predicted molar refractivity (Wildman–Crippen MR) is 54.4 cm³/mol. The van der Waals surface area contributed by atoms with Crippen LogP contribution in [0.1, 0.15) is 25.0 Å². The Balaban J connectivity index is 2.09. The molecule has 0 bridgehead atoms. The molecule has 0 aliphatic carbocycles. The zero-order chi connectivity index (χ0) is 11.8. The molecule has 0 N–H and O–H groups in total. The van der Waals surface area contributed by atoms with Gasteiger partial charge in [0, 0.05) is 12.8 Å². The zero-order valence-corrected chi connectivity index (χ0v) is 9.10. The minimum Gasteiger partial charge on any atom is -0.469 e. The molecule has 0 unspecified atom stereocenters. The van der Waals surface area contributed by atoms with Crippen molar-refractivity contribution in [2.45, 2.75) is 25.9 Å². The smallest absolute Gasteiger partial charge is 0.306 e. The summed E-state index contributed by atoms with van der Waals surface area (Å²) in [7, 11) is 1.32. The minimum absolute atomic E-state index is 0.129. The van der Waals surface area contributed by atoms with Gasteiger partial charge < -0.3 is 13.9 Å². The van der Waals surface area contributed by atoms with E-state index in [0.717, 1.165) is 0 Å². The Hall–Kier alpha value is -1.78. The number of ether oxygens (including phenoxy) is 2. The molecule has 1 rings (SSSR count). The number of carbonyl (C=O) groups is 2. The van der Waals surface area contributed by atoms with Gasteiger partial charge in [-0.2, -0.15) is 0 Å². The standard InChI is InChI=1S/C11H14O5/c1-14-10(12)5-2-6-11(13)16-8-9-4-3-7-15-9/h3-4,7H,2,5-6,8H2,1H3. The lowest BCUT2D eigenvalue weighted by atomic mass is 10.2. The molecule has 0 aromatic carbocycles. The third kappa shape index (κ3) is 4.63. The van der Waals surface area contributed by atoms with Crippen LogP contribution in [-0.2, 0) is 25.7 Å². The summed E-state index contributed by atoms with van der Waals surface area (Å²) in [5.41, 5.74) is 0. The van der Waals surface area contributed by atoms with E-state index in [0.29, 0.717) is 12.2 Å². The number of methoxy groups -OCH3 is 1. The van der Waals surface area contributed by atoms with Crippen molar-refractivity contribution in [2.24, 2.45) is 0 Å². The van der Waals surface area contributed by atoms with Crippen LogP contribution in [0.3, 0.4) is 0 Å². The minimum atomic E-state index is -0.347. The maximum atomic E-state index is 11.2. The van der Waals surface area contributed by atoms with Crippen molar-refractivity contribution in [3.63, 3.8) is 0 Å². The van der Waals surface area contributed by atoms with Crippen LogP contribution in [0.2, 0.25) is 0 Å². The Bertz CT molecular complexity index is 328. The van der Waals surface area contributed by atoms with E-state index in [1.54, 1.807) is 12.1 Å². The zero-order valence-electron chi connectivity index (χ0n) is 9.10. The first kappa shape index (κ1) is 12.3. The first-order chi connectivity index (χ1) is 7.72. The lowest BCUT2D eigenvalue weighted by Crippen LogP contribution is -2.06. The Kier molecular flexibility index (Phi) is 5.11. The quantitative estimate of drug-likeness (QED) is 0.690. The fourth-order valence-electron chi connectivity index (χ4n) is 1.10. The van der Waals surface area contributed by atoms with Gasteiger partial charge in [-0.25, -0.2) is 0 Å². The molecule has 16 heavy (non-hydrogen) atoms. The molecule has 0 aliphatic rings. The van der Waals surface area contributed by atoms with Crippen molar-refractivity contribution in [2.75, 3.05) is 7.11 Å². The van der Waals surface area contributed by atoms with Gasteiger partial charge in [0.15, 0.2) is 0 Å². The van der Waals surface area contributed by atoms with Crippen LogP contribution in [0.25, 0.3) is 0 Å². The van der Waals surface area contributed by atoms with Crippen LogP contribution in [0.15, 0.2) is 22.8 Å². The van der Waals surface area contributed by atoms with Gasteiger partial charge in [0.25, 0.3) is 0 Å². The molecule has 1 aromatic rings. The maximum absolute atomic E-state index is 11.2. The van der Waals surface area contributed by atoms with Gasteiger partial charge >= 0.3 is 11.9 Å². The highest BCUT2D eigenvalue weighted by molar-refractivity contribution is 5.72. The van der Waals surface area contributed by atoms with Gasteiger partial charge in [-0.3, -0.25) is 9.59 Å². The third-order valence-electron chi connectivity index (χ3n) is 1.94. The van der Waals surface area contributed by atoms with E-state index in [1.807, 2.05) is 0 Å². The lowest BCUT2D eigenvalue weighted by Gasteiger charge is -2.02. The highest BCUT2D eigenvalue weighted by Gasteiger charge is 2.07. The summed E-state index contributed by atoms with van der Waals surface area (Å²) >= 11 is 0. The van der Waals surface area contributed by atoms with Crippen molar-refractivity contribution < 1.29 is 23.5 Å². The molecule has 0 saturated heterocycles. The van der Waals surface area contributed by atoms with Crippen molar-refractivity contribution >= 4 is 11.9 Å². The Morgan fingerprint density at radius 3 is 2.69 bits per heavy atom. The summed E-state index contributed by atoms with van der Waals surface area (Å²) in [5, 5.41) is 0. The van der Waals surface area contributed by atoms with Gasteiger partial charge in [0.05, 0.1) is 13.4 Å². The molecule has 5 nitrogen and oxygen atoms in total. The van der Waals surface area contributed by atoms with Crippen LogP contribution in [-0.4, -0.2) is 19.0 Å². The highest BCUT2D eigenvalue weighted by atomic mass is 16.5. The molecule has 1 heterocycles. The molecule has 0 fully saturated rings. The van der Waals surface area contributed by atoms with E-state index in [1.165, 1.54) is 13.4 Å². The molecule has 0 spiro atoms. The highest BCUT2D eigenvalue weighted by Crippen LogP contribution is 2.04. The fraction of sp³-hybridized carbons (Fsp3) is 0.455. The predicted octanol–water partition coefficient (Wildman–Crippen LogP) is 1.67. The van der Waals surface area contributed by atoms with Gasteiger partial charge in [0.1, 0.15) is 12.4 Å². The monoisotopic (exact) mass is 226 g/mol. The van der Waals surface area contributed by atoms with E-state index in [4.69, 9.17) is 9.15 Å². The summed E-state index contributed by atoms with van der Waals surface area (Å²) in [4.78, 5) is 21.9. The van der Waals surface area contributed by atoms with E-state index in [9.17, 15) is 9.59 Å². The van der Waals surface area contributed by atoms with E-state index in [2.05, 4.69) is 4.74 Å². The van der Waals surface area contributed by atoms with Crippen LogP contribution < -0.4 is 0 Å². The Morgan fingerprint density at radius 2 is 2.06 bits per heavy atom. The van der Waals surface area contributed by atoms with Gasteiger partial charge in [-0.15, -0.1) is 0 Å². The van der Waals surface area contributed by atoms with Crippen LogP contribution in [0.4, 0.5) is 0 Å². The average Bonchev–Trinajstić information content (AvgIpc) is 2.79. The first-order valence-electron chi connectivity index (χ1n) is 4.97. The van der Waals surface area contributed by atoms with Crippen LogP contribution >= 0.6 is 0 Å². The molecule has 88 valence electrons. The second-order valence-electron chi connectivity index (χ2n) is 3.17. The molecular formula is C11H14O5. The summed E-state index contributed by atoms with van der Waals surface area (Å²) in [6, 6.07) is 3.45. The third-order valence-corrected chi connectivity index (χ3v) is 1.94. The molecule has 0 aliphatic heterocycles. The van der Waals surface area contributed by atoms with E-state index >= 15 is 0 Å². The topological polar surface area (TPSA) is 65.7 Å². The largest absolute Gasteiger partial charge is 0.469 e. The van der Waals surface area contributed by atoms with Gasteiger partial charge in [-0.1, -0.05) is 0 Å². The van der Waals surface area contributed by atoms with Crippen molar-refractivity contribution in [1.29, 1.82) is 0 Å². The molecular weight excluding hydrogens is 212 g/mol. The van der Waals surface area contributed by atoms with Crippen LogP contribution in [0.5, 0.6) is 0 Å². The number of carbonyl (C=O) groups excluding carboxylic acids is 2. The summed E-state index contributed by atoms with van der Waals surface area (Å²) in [5.74, 6) is -0.0690. The summed E-state index contributed by atoms with van der Waals surface area (Å²) in [6.07, 6.45) is 2.38. The maximum Gasteiger partial charge on any atom is 0.306 e. The first-order valence-corrected chi connectivity index (χ1v) is 4.97. The average molecular weight is 226 g/mol. The number of hydrogen-bond acceptors (Lipinski definition) is 5. The van der Waals surface area contributed by atoms with Gasteiger partial charge in [-0.05, 0) is 18.6 Å². The van der Waals surface area contributed by atoms with Crippen molar-refractivity contribution in [3.05, 3.63) is 24.2 Å². The molecule has 0 atom stereocenters.